The minimum absolute atomic E-state index is 0.00223. The zero-order chi connectivity index (χ0) is 19.4. The van der Waals surface area contributed by atoms with Gasteiger partial charge in [-0.05, 0) is 44.2 Å². The summed E-state index contributed by atoms with van der Waals surface area (Å²) in [5.74, 6) is -0.572. The van der Waals surface area contributed by atoms with Crippen molar-refractivity contribution in [1.29, 1.82) is 0 Å². The SMILES string of the molecule is CC(=O)OC[C@H]1CC[C@@H](Oc2ncc(C)c(=O)n2C(=O)c2ccccc2)C1. The number of carbonyl (C=O) groups excluding carboxylic acids is 2. The van der Waals surface area contributed by atoms with Crippen LogP contribution in [-0.2, 0) is 9.53 Å². The zero-order valence-corrected chi connectivity index (χ0v) is 15.4. The third-order valence-corrected chi connectivity index (χ3v) is 4.61. The Labute approximate surface area is 156 Å². The van der Waals surface area contributed by atoms with Gasteiger partial charge < -0.3 is 9.47 Å². The highest BCUT2D eigenvalue weighted by Crippen LogP contribution is 2.29. The molecule has 0 amide bonds. The van der Waals surface area contributed by atoms with E-state index in [1.807, 2.05) is 0 Å². The smallest absolute Gasteiger partial charge is 0.306 e. The third-order valence-electron chi connectivity index (χ3n) is 4.61. The summed E-state index contributed by atoms with van der Waals surface area (Å²) in [6.45, 7) is 3.35. The summed E-state index contributed by atoms with van der Waals surface area (Å²) in [7, 11) is 0. The number of carbonyl (C=O) groups is 2. The van der Waals surface area contributed by atoms with Gasteiger partial charge in [-0.15, -0.1) is 0 Å². The molecule has 2 aromatic rings. The Morgan fingerprint density at radius 3 is 2.67 bits per heavy atom. The van der Waals surface area contributed by atoms with Crippen molar-refractivity contribution in [3.63, 3.8) is 0 Å². The summed E-state index contributed by atoms with van der Waals surface area (Å²) in [6, 6.07) is 8.55. The van der Waals surface area contributed by atoms with Crippen LogP contribution >= 0.6 is 0 Å². The van der Waals surface area contributed by atoms with Gasteiger partial charge in [0.05, 0.1) is 6.61 Å². The van der Waals surface area contributed by atoms with Gasteiger partial charge in [0.25, 0.3) is 11.5 Å². The fourth-order valence-corrected chi connectivity index (χ4v) is 3.17. The quantitative estimate of drug-likeness (QED) is 0.751. The first-order valence-corrected chi connectivity index (χ1v) is 8.94. The molecular formula is C20H22N2O5. The van der Waals surface area contributed by atoms with Gasteiger partial charge in [-0.3, -0.25) is 14.4 Å². The molecule has 1 aromatic heterocycles. The highest BCUT2D eigenvalue weighted by molar-refractivity contribution is 5.96. The Morgan fingerprint density at radius 2 is 1.96 bits per heavy atom. The van der Waals surface area contributed by atoms with Crippen molar-refractivity contribution in [3.05, 3.63) is 58.0 Å². The van der Waals surface area contributed by atoms with Crippen LogP contribution in [-0.4, -0.2) is 34.1 Å². The van der Waals surface area contributed by atoms with E-state index in [1.165, 1.54) is 13.1 Å². The maximum Gasteiger partial charge on any atom is 0.306 e. The third kappa shape index (κ3) is 4.42. The topological polar surface area (TPSA) is 87.5 Å². The molecule has 1 saturated carbocycles. The Kier molecular flexibility index (Phi) is 5.69. The predicted octanol–water partition coefficient (Wildman–Crippen LogP) is 2.35. The molecule has 1 aliphatic rings. The van der Waals surface area contributed by atoms with Gasteiger partial charge in [-0.25, -0.2) is 4.98 Å². The van der Waals surface area contributed by atoms with E-state index in [-0.39, 0.29) is 24.0 Å². The van der Waals surface area contributed by atoms with Gasteiger partial charge in [0.1, 0.15) is 6.10 Å². The van der Waals surface area contributed by atoms with Crippen molar-refractivity contribution < 1.29 is 19.1 Å². The minimum atomic E-state index is -0.471. The van der Waals surface area contributed by atoms with Crippen LogP contribution in [0.2, 0.25) is 0 Å². The number of hydrogen-bond acceptors (Lipinski definition) is 6. The number of aromatic nitrogens is 2. The van der Waals surface area contributed by atoms with Crippen molar-refractivity contribution in [3.8, 4) is 6.01 Å². The standard InChI is InChI=1S/C20H22N2O5/c1-13-11-21-20(27-17-9-8-15(10-17)12-26-14(2)23)22(18(13)24)19(25)16-6-4-3-5-7-16/h3-7,11,15,17H,8-10,12H2,1-2H3/t15-,17+/m0/s1. The van der Waals surface area contributed by atoms with Crippen LogP contribution < -0.4 is 10.3 Å². The lowest BCUT2D eigenvalue weighted by atomic mass is 10.1. The van der Waals surface area contributed by atoms with Crippen molar-refractivity contribution in [2.24, 2.45) is 5.92 Å². The van der Waals surface area contributed by atoms with Crippen molar-refractivity contribution in [1.82, 2.24) is 9.55 Å². The van der Waals surface area contributed by atoms with Crippen LogP contribution in [0.5, 0.6) is 6.01 Å². The van der Waals surface area contributed by atoms with Crippen LogP contribution in [0.25, 0.3) is 0 Å². The highest BCUT2D eigenvalue weighted by atomic mass is 16.5. The van der Waals surface area contributed by atoms with Gasteiger partial charge >= 0.3 is 12.0 Å². The van der Waals surface area contributed by atoms with Crippen LogP contribution in [0.3, 0.4) is 0 Å². The summed E-state index contributed by atoms with van der Waals surface area (Å²) in [5, 5.41) is 0. The lowest BCUT2D eigenvalue weighted by Crippen LogP contribution is -2.32. The molecule has 0 aliphatic heterocycles. The Bertz CT molecular complexity index is 891. The normalized spacial score (nSPS) is 18.9. The minimum Gasteiger partial charge on any atom is -0.466 e. The van der Waals surface area contributed by atoms with Gasteiger partial charge in [0, 0.05) is 24.2 Å². The van der Waals surface area contributed by atoms with Crippen LogP contribution in [0.4, 0.5) is 0 Å². The number of rotatable bonds is 5. The number of esters is 1. The largest absolute Gasteiger partial charge is 0.466 e. The molecule has 0 saturated heterocycles. The van der Waals surface area contributed by atoms with E-state index < -0.39 is 11.5 Å². The first-order chi connectivity index (χ1) is 13.0. The molecular weight excluding hydrogens is 348 g/mol. The Hall–Kier alpha value is -2.96. The zero-order valence-electron chi connectivity index (χ0n) is 15.4. The monoisotopic (exact) mass is 370 g/mol. The summed E-state index contributed by atoms with van der Waals surface area (Å²) in [6.07, 6.45) is 3.50. The fourth-order valence-electron chi connectivity index (χ4n) is 3.17. The first kappa shape index (κ1) is 18.8. The molecule has 1 fully saturated rings. The molecule has 0 radical (unpaired) electrons. The summed E-state index contributed by atoms with van der Waals surface area (Å²) in [4.78, 5) is 40.6. The van der Waals surface area contributed by atoms with E-state index in [1.54, 1.807) is 37.3 Å². The molecule has 1 heterocycles. The van der Waals surface area contributed by atoms with Crippen molar-refractivity contribution in [2.75, 3.05) is 6.61 Å². The van der Waals surface area contributed by atoms with E-state index >= 15 is 0 Å². The lowest BCUT2D eigenvalue weighted by Gasteiger charge is -2.17. The van der Waals surface area contributed by atoms with Gasteiger partial charge in [-0.1, -0.05) is 18.2 Å². The van der Waals surface area contributed by atoms with Crippen LogP contribution in [0, 0.1) is 12.8 Å². The average Bonchev–Trinajstić information content (AvgIpc) is 3.11. The van der Waals surface area contributed by atoms with E-state index in [0.29, 0.717) is 24.2 Å². The second-order valence-corrected chi connectivity index (χ2v) is 6.76. The maximum atomic E-state index is 12.8. The number of ether oxygens (including phenoxy) is 2. The fraction of sp³-hybridized carbons (Fsp3) is 0.400. The van der Waals surface area contributed by atoms with E-state index in [2.05, 4.69) is 4.98 Å². The molecule has 27 heavy (non-hydrogen) atoms. The summed E-state index contributed by atoms with van der Waals surface area (Å²) in [5.41, 5.74) is 0.310. The maximum absolute atomic E-state index is 12.8. The van der Waals surface area contributed by atoms with Gasteiger partial charge in [0.15, 0.2) is 0 Å². The summed E-state index contributed by atoms with van der Waals surface area (Å²) >= 11 is 0. The molecule has 0 N–H and O–H groups in total. The number of hydrogen-bond donors (Lipinski definition) is 0. The average molecular weight is 370 g/mol. The van der Waals surface area contributed by atoms with E-state index in [9.17, 15) is 14.4 Å². The van der Waals surface area contributed by atoms with E-state index in [0.717, 1.165) is 17.4 Å². The molecule has 1 aromatic carbocycles. The molecule has 3 rings (SSSR count). The molecule has 7 heteroatoms. The molecule has 0 spiro atoms. The molecule has 1 aliphatic carbocycles. The molecule has 0 unspecified atom stereocenters. The Morgan fingerprint density at radius 1 is 1.22 bits per heavy atom. The second-order valence-electron chi connectivity index (χ2n) is 6.76. The number of benzene rings is 1. The molecule has 2 atom stereocenters. The van der Waals surface area contributed by atoms with Crippen molar-refractivity contribution >= 4 is 11.9 Å². The molecule has 7 nitrogen and oxygen atoms in total. The number of nitrogens with zero attached hydrogens (tertiary/aromatic N) is 2. The second kappa shape index (κ2) is 8.16. The predicted molar refractivity (Wildman–Crippen MR) is 97.8 cm³/mol. The van der Waals surface area contributed by atoms with Crippen LogP contribution in [0.15, 0.2) is 41.3 Å². The molecule has 142 valence electrons. The van der Waals surface area contributed by atoms with Gasteiger partial charge in [-0.2, -0.15) is 4.57 Å². The van der Waals surface area contributed by atoms with E-state index in [4.69, 9.17) is 9.47 Å². The highest BCUT2D eigenvalue weighted by Gasteiger charge is 2.29. The molecule has 0 bridgehead atoms. The van der Waals surface area contributed by atoms with Crippen molar-refractivity contribution in [2.45, 2.75) is 39.2 Å². The lowest BCUT2D eigenvalue weighted by molar-refractivity contribution is -0.142. The van der Waals surface area contributed by atoms with Gasteiger partial charge in [0.2, 0.25) is 0 Å². The summed E-state index contributed by atoms with van der Waals surface area (Å²) < 4.78 is 12.0. The Balaban J connectivity index is 1.80. The van der Waals surface area contributed by atoms with Crippen LogP contribution in [0.1, 0.15) is 42.1 Å². The number of aryl methyl sites for hydroxylation is 1. The first-order valence-electron chi connectivity index (χ1n) is 8.94.